The number of aliphatic carboxylic acids is 1. The van der Waals surface area contributed by atoms with E-state index in [0.717, 1.165) is 31.7 Å². The molecule has 49 heavy (non-hydrogen) atoms. The lowest BCUT2D eigenvalue weighted by molar-refractivity contribution is -0.156. The zero-order valence-corrected chi connectivity index (χ0v) is 28.8. The summed E-state index contributed by atoms with van der Waals surface area (Å²) in [5.74, 6) is -4.01. The van der Waals surface area contributed by atoms with Crippen LogP contribution in [0.5, 0.6) is 5.75 Å². The van der Waals surface area contributed by atoms with Gasteiger partial charge in [-0.2, -0.15) is 0 Å². The molecule has 2 aromatic carbocycles. The number of H-pyrrole nitrogens is 1. The smallest absolute Gasteiger partial charge is 0.326 e. The minimum absolute atomic E-state index is 0.0289. The molecule has 2 saturated carbocycles. The monoisotopic (exact) mass is 726 g/mol. The number of sulfonamides is 1. The number of carboxylic acids is 1. The lowest BCUT2D eigenvalue weighted by Crippen LogP contribution is -2.47. The number of amides is 3. The van der Waals surface area contributed by atoms with Gasteiger partial charge in [-0.25, -0.2) is 18.4 Å². The van der Waals surface area contributed by atoms with E-state index in [1.807, 2.05) is 26.0 Å². The van der Waals surface area contributed by atoms with Crippen LogP contribution in [0.4, 0.5) is 5.69 Å². The van der Waals surface area contributed by atoms with Gasteiger partial charge in [-0.1, -0.05) is 37.3 Å². The van der Waals surface area contributed by atoms with Gasteiger partial charge >= 0.3 is 10.8 Å². The van der Waals surface area contributed by atoms with Crippen molar-refractivity contribution in [3.8, 4) is 5.75 Å². The Hall–Kier alpha value is -3.99. The highest BCUT2D eigenvalue weighted by Crippen LogP contribution is 2.68. The number of aromatic amines is 1. The van der Waals surface area contributed by atoms with E-state index in [9.17, 15) is 37.5 Å². The van der Waals surface area contributed by atoms with Crippen LogP contribution >= 0.6 is 23.1 Å². The topological polar surface area (TPSA) is 206 Å². The summed E-state index contributed by atoms with van der Waals surface area (Å²) in [6.45, 7) is 3.39. The number of carbonyl (C=O) groups is 4. The van der Waals surface area contributed by atoms with Crippen molar-refractivity contribution in [1.82, 2.24) is 9.88 Å². The van der Waals surface area contributed by atoms with E-state index in [1.165, 1.54) is 24.3 Å². The number of thiazole rings is 1. The van der Waals surface area contributed by atoms with Crippen LogP contribution in [-0.2, 0) is 29.2 Å². The first-order valence-electron chi connectivity index (χ1n) is 15.9. The van der Waals surface area contributed by atoms with Crippen molar-refractivity contribution in [3.05, 3.63) is 68.6 Å². The number of imide groups is 1. The zero-order valence-electron chi connectivity index (χ0n) is 26.4. The molecule has 1 saturated heterocycles. The van der Waals surface area contributed by atoms with E-state index >= 15 is 0 Å². The van der Waals surface area contributed by atoms with Gasteiger partial charge in [0.2, 0.25) is 21.8 Å². The summed E-state index contributed by atoms with van der Waals surface area (Å²) in [4.78, 5) is 69.9. The molecule has 13 nitrogen and oxygen atoms in total. The molecule has 7 unspecified atom stereocenters. The average Bonchev–Trinajstić information content (AvgIpc) is 3.77. The highest BCUT2D eigenvalue weighted by Gasteiger charge is 2.70. The van der Waals surface area contributed by atoms with E-state index in [-0.39, 0.29) is 57.6 Å². The summed E-state index contributed by atoms with van der Waals surface area (Å²) in [5.41, 5.74) is 1.20. The third-order valence-corrected chi connectivity index (χ3v) is 13.6. The number of fused-ring (bicyclic) bond motifs is 9. The first kappa shape index (κ1) is 33.5. The number of primary sulfonamides is 1. The number of benzene rings is 2. The summed E-state index contributed by atoms with van der Waals surface area (Å²) in [6, 6.07) is 11.5. The number of hydrogen-bond donors (Lipinski definition) is 4. The van der Waals surface area contributed by atoms with E-state index in [2.05, 4.69) is 10.3 Å². The third kappa shape index (κ3) is 5.87. The summed E-state index contributed by atoms with van der Waals surface area (Å²) >= 11 is 2.66. The number of nitrogens with zero attached hydrogens (tertiary/aromatic N) is 1. The molecule has 8 atom stereocenters. The number of anilines is 1. The Morgan fingerprint density at radius 2 is 1.78 bits per heavy atom. The van der Waals surface area contributed by atoms with Gasteiger partial charge in [0.15, 0.2) is 6.61 Å². The first-order valence-corrected chi connectivity index (χ1v) is 19.1. The van der Waals surface area contributed by atoms with E-state index < -0.39 is 51.6 Å². The van der Waals surface area contributed by atoms with Crippen molar-refractivity contribution in [2.24, 2.45) is 40.6 Å². The Balaban J connectivity index is 1.14. The molecule has 16 heteroatoms. The zero-order chi connectivity index (χ0) is 34.9. The molecule has 7 rings (SSSR count). The van der Waals surface area contributed by atoms with Crippen molar-refractivity contribution in [3.63, 3.8) is 0 Å². The van der Waals surface area contributed by atoms with E-state index in [0.29, 0.717) is 17.9 Å². The van der Waals surface area contributed by atoms with Gasteiger partial charge in [-0.05, 0) is 78.5 Å². The molecule has 5 N–H and O–H groups in total. The average molecular weight is 727 g/mol. The number of nitrogens with two attached hydrogens (primary N) is 1. The number of aromatic nitrogens is 1. The Bertz CT molecular complexity index is 2030. The second-order valence-corrected chi connectivity index (χ2v) is 17.2. The van der Waals surface area contributed by atoms with Gasteiger partial charge in [-0.3, -0.25) is 24.1 Å². The summed E-state index contributed by atoms with van der Waals surface area (Å²) in [7, 11) is -3.87. The molecule has 2 aliphatic heterocycles. The fourth-order valence-corrected chi connectivity index (χ4v) is 11.8. The van der Waals surface area contributed by atoms with Crippen molar-refractivity contribution in [2.45, 2.75) is 53.8 Å². The number of nitrogens with one attached hydrogen (secondary N) is 2. The first-order chi connectivity index (χ1) is 23.2. The lowest BCUT2D eigenvalue weighted by Gasteiger charge is -2.43. The number of carboxylic acid groups (broad SMARTS) is 1. The third-order valence-electron chi connectivity index (χ3n) is 10.1. The Morgan fingerprint density at radius 1 is 1.08 bits per heavy atom. The van der Waals surface area contributed by atoms with Crippen LogP contribution in [0.3, 0.4) is 0 Å². The van der Waals surface area contributed by atoms with Gasteiger partial charge in [0.25, 0.3) is 5.91 Å². The van der Waals surface area contributed by atoms with Crippen molar-refractivity contribution in [2.75, 3.05) is 11.9 Å². The largest absolute Gasteiger partial charge is 0.484 e. The quantitative estimate of drug-likeness (QED) is 0.225. The second kappa shape index (κ2) is 12.4. The number of rotatable bonds is 10. The molecule has 1 aromatic heterocycles. The number of likely N-dealkylation sites (tertiary alicyclic amines) is 1. The molecule has 3 heterocycles. The molecule has 3 amide bonds. The van der Waals surface area contributed by atoms with Crippen molar-refractivity contribution < 1.29 is 37.4 Å². The van der Waals surface area contributed by atoms with Crippen LogP contribution in [0.1, 0.15) is 43.0 Å². The number of carbonyl (C=O) groups excluding carboxylic acids is 3. The minimum atomic E-state index is -3.87. The molecule has 0 radical (unpaired) electrons. The Kier molecular flexibility index (Phi) is 8.48. The predicted octanol–water partition coefficient (Wildman–Crippen LogP) is 3.07. The van der Waals surface area contributed by atoms with Crippen LogP contribution < -0.4 is 20.1 Å². The fraction of sp³-hybridized carbons (Fsp3) is 0.424. The normalized spacial score (nSPS) is 27.5. The van der Waals surface area contributed by atoms with Gasteiger partial charge in [0.05, 0.1) is 21.8 Å². The fourth-order valence-electron chi connectivity index (χ4n) is 8.36. The SMILES string of the molecule is CC(C)CC(C(=O)O)N1C(=O)C2C3CC(C2C1=O)C1C3Sc2[nH]c(=O)sc2[C@@H]1c1cccc(OCC(=O)Nc2ccc(S(N)(=O)=O)cc2)c1. The van der Waals surface area contributed by atoms with E-state index in [1.54, 1.807) is 23.9 Å². The Morgan fingerprint density at radius 3 is 2.43 bits per heavy atom. The Labute approximate surface area is 289 Å². The number of thioether (sulfide) groups is 1. The van der Waals surface area contributed by atoms with Gasteiger partial charge < -0.3 is 20.1 Å². The molecule has 2 aliphatic carbocycles. The predicted molar refractivity (Wildman–Crippen MR) is 180 cm³/mol. The van der Waals surface area contributed by atoms with E-state index in [4.69, 9.17) is 9.88 Å². The van der Waals surface area contributed by atoms with Gasteiger partial charge in [0.1, 0.15) is 11.8 Å². The maximum Gasteiger partial charge on any atom is 0.326 e. The lowest BCUT2D eigenvalue weighted by atomic mass is 9.68. The van der Waals surface area contributed by atoms with Crippen molar-refractivity contribution in [1.29, 1.82) is 0 Å². The van der Waals surface area contributed by atoms with Gasteiger partial charge in [0, 0.05) is 21.7 Å². The van der Waals surface area contributed by atoms with Gasteiger partial charge in [-0.15, -0.1) is 11.8 Å². The highest BCUT2D eigenvalue weighted by atomic mass is 32.2. The number of ether oxygens (including phenoxy) is 1. The maximum atomic E-state index is 14.0. The molecular formula is C33H34N4O9S3. The minimum Gasteiger partial charge on any atom is -0.484 e. The number of hydrogen-bond acceptors (Lipinski definition) is 10. The molecule has 258 valence electrons. The molecule has 3 fully saturated rings. The molecule has 2 bridgehead atoms. The molecule has 3 aromatic rings. The summed E-state index contributed by atoms with van der Waals surface area (Å²) < 4.78 is 28.9. The molecule has 4 aliphatic rings. The molecular weight excluding hydrogens is 693 g/mol. The van der Waals surface area contributed by atoms with Crippen LogP contribution in [0, 0.1) is 35.5 Å². The summed E-state index contributed by atoms with van der Waals surface area (Å²) in [6.07, 6.45) is 0.842. The standard InChI is InChI=1S/C33H34N4O9S3/c1-14(2)10-21(32(41)42)37-30(39)25-19-12-20(26(25)31(37)40)27-24(19)23(28-29(47-27)36-33(43)48-28)15-4-3-5-17(11-15)46-13-22(38)35-16-6-8-18(9-7-16)49(34,44)45/h3-9,11,14,19-21,23-27H,10,12-13H2,1-2H3,(H,35,38)(H,36,43)(H,41,42)(H2,34,44,45)/t19?,20?,21?,23-,24?,25?,26?,27?/m1/s1. The summed E-state index contributed by atoms with van der Waals surface area (Å²) in [5, 5.41) is 18.5. The maximum absolute atomic E-state index is 14.0. The molecule has 0 spiro atoms. The van der Waals surface area contributed by atoms with Crippen molar-refractivity contribution >= 4 is 62.5 Å². The van der Waals surface area contributed by atoms with Crippen LogP contribution in [0.25, 0.3) is 0 Å². The highest BCUT2D eigenvalue weighted by molar-refractivity contribution is 8.00. The van der Waals surface area contributed by atoms with Crippen LogP contribution in [0.15, 0.2) is 63.2 Å². The van der Waals surface area contributed by atoms with Crippen LogP contribution in [-0.4, -0.2) is 65.0 Å². The second-order valence-electron chi connectivity index (χ2n) is 13.5. The van der Waals surface area contributed by atoms with Crippen LogP contribution in [0.2, 0.25) is 0 Å².